The molecule has 1 N–H and O–H groups in total. The first kappa shape index (κ1) is 19.1. The number of rotatable bonds is 6. The fraction of sp³-hybridized carbons (Fsp3) is 0.318. The highest BCUT2D eigenvalue weighted by atomic mass is 35.5. The molecule has 0 radical (unpaired) electrons. The van der Waals surface area contributed by atoms with Crippen LogP contribution in [0.2, 0.25) is 5.02 Å². The smallest absolute Gasteiger partial charge is 0.217 e. The standard InChI is InChI=1S/C22H22ClN3OS/c1-14-3-5-16(6-4-14)13-19(24-15(2)27)20-25-26-21(28-20)22(11-12-22)17-7-9-18(23)10-8-17/h3-10,19H,11-13H2,1-2H3,(H,24,27). The van der Waals surface area contributed by atoms with E-state index in [0.717, 1.165) is 27.9 Å². The predicted octanol–water partition coefficient (Wildman–Crippen LogP) is 5.00. The lowest BCUT2D eigenvalue weighted by Crippen LogP contribution is -2.27. The second kappa shape index (κ2) is 7.64. The number of aromatic nitrogens is 2. The fourth-order valence-corrected chi connectivity index (χ4v) is 4.78. The zero-order valence-electron chi connectivity index (χ0n) is 15.9. The van der Waals surface area contributed by atoms with Crippen molar-refractivity contribution in [3.05, 3.63) is 80.3 Å². The Kier molecular flexibility index (Phi) is 5.21. The summed E-state index contributed by atoms with van der Waals surface area (Å²) in [5.41, 5.74) is 3.57. The maximum Gasteiger partial charge on any atom is 0.217 e. The molecule has 1 saturated carbocycles. The topological polar surface area (TPSA) is 54.9 Å². The van der Waals surface area contributed by atoms with Gasteiger partial charge in [-0.05, 0) is 49.4 Å². The van der Waals surface area contributed by atoms with Gasteiger partial charge in [0, 0.05) is 17.4 Å². The molecule has 0 spiro atoms. The van der Waals surface area contributed by atoms with Crippen LogP contribution >= 0.6 is 22.9 Å². The first-order valence-electron chi connectivity index (χ1n) is 9.39. The average molecular weight is 412 g/mol. The lowest BCUT2D eigenvalue weighted by atomic mass is 9.97. The first-order chi connectivity index (χ1) is 13.5. The Hall–Kier alpha value is -2.24. The Morgan fingerprint density at radius 1 is 1.14 bits per heavy atom. The van der Waals surface area contributed by atoms with Crippen LogP contribution in [0.3, 0.4) is 0 Å². The van der Waals surface area contributed by atoms with E-state index < -0.39 is 0 Å². The van der Waals surface area contributed by atoms with Gasteiger partial charge in [-0.3, -0.25) is 4.79 Å². The van der Waals surface area contributed by atoms with Crippen LogP contribution in [0.25, 0.3) is 0 Å². The van der Waals surface area contributed by atoms with Crippen molar-refractivity contribution in [1.82, 2.24) is 15.5 Å². The average Bonchev–Trinajstić information content (AvgIpc) is 3.32. The number of hydrogen-bond donors (Lipinski definition) is 1. The maximum absolute atomic E-state index is 11.8. The van der Waals surface area contributed by atoms with Gasteiger partial charge in [0.2, 0.25) is 5.91 Å². The lowest BCUT2D eigenvalue weighted by molar-refractivity contribution is -0.119. The van der Waals surface area contributed by atoms with Gasteiger partial charge in [-0.15, -0.1) is 10.2 Å². The third-order valence-electron chi connectivity index (χ3n) is 5.23. The van der Waals surface area contributed by atoms with Crippen LogP contribution in [0.5, 0.6) is 0 Å². The van der Waals surface area contributed by atoms with Gasteiger partial charge in [-0.25, -0.2) is 0 Å². The van der Waals surface area contributed by atoms with Gasteiger partial charge >= 0.3 is 0 Å². The van der Waals surface area contributed by atoms with Crippen molar-refractivity contribution in [2.24, 2.45) is 0 Å². The number of hydrogen-bond acceptors (Lipinski definition) is 4. The summed E-state index contributed by atoms with van der Waals surface area (Å²) in [6.07, 6.45) is 2.82. The monoisotopic (exact) mass is 411 g/mol. The number of benzene rings is 2. The second-order valence-corrected chi connectivity index (χ2v) is 8.92. The fourth-order valence-electron chi connectivity index (χ4n) is 3.49. The normalized spacial score (nSPS) is 15.8. The molecule has 1 fully saturated rings. The van der Waals surface area contributed by atoms with Gasteiger partial charge in [-0.2, -0.15) is 0 Å². The summed E-state index contributed by atoms with van der Waals surface area (Å²) in [6, 6.07) is 16.2. The van der Waals surface area contributed by atoms with Gasteiger partial charge in [0.25, 0.3) is 0 Å². The molecule has 1 aliphatic carbocycles. The van der Waals surface area contributed by atoms with E-state index in [9.17, 15) is 4.79 Å². The molecule has 0 saturated heterocycles. The molecule has 0 aliphatic heterocycles. The largest absolute Gasteiger partial charge is 0.347 e. The summed E-state index contributed by atoms with van der Waals surface area (Å²) < 4.78 is 0. The van der Waals surface area contributed by atoms with Gasteiger partial charge in [0.1, 0.15) is 10.0 Å². The third-order valence-corrected chi connectivity index (χ3v) is 6.73. The lowest BCUT2D eigenvalue weighted by Gasteiger charge is -2.15. The molecule has 2 aromatic carbocycles. The number of carbonyl (C=O) groups excluding carboxylic acids is 1. The summed E-state index contributed by atoms with van der Waals surface area (Å²) in [4.78, 5) is 11.8. The van der Waals surface area contributed by atoms with Crippen molar-refractivity contribution in [2.75, 3.05) is 0 Å². The first-order valence-corrected chi connectivity index (χ1v) is 10.6. The van der Waals surface area contributed by atoms with Gasteiger partial charge in [0.15, 0.2) is 0 Å². The minimum absolute atomic E-state index is 0.0505. The highest BCUT2D eigenvalue weighted by Crippen LogP contribution is 2.54. The predicted molar refractivity (Wildman–Crippen MR) is 113 cm³/mol. The van der Waals surface area contributed by atoms with Crippen LogP contribution < -0.4 is 5.32 Å². The summed E-state index contributed by atoms with van der Waals surface area (Å²) in [5.74, 6) is -0.0623. The molecule has 0 bridgehead atoms. The Bertz CT molecular complexity index is 978. The molecule has 1 atom stereocenters. The van der Waals surface area contributed by atoms with E-state index in [1.165, 1.54) is 16.7 Å². The molecule has 1 unspecified atom stereocenters. The zero-order chi connectivity index (χ0) is 19.7. The number of halogens is 1. The van der Waals surface area contributed by atoms with Crippen LogP contribution in [-0.4, -0.2) is 16.1 Å². The Labute approximate surface area is 174 Å². The highest BCUT2D eigenvalue weighted by Gasteiger charge is 2.49. The van der Waals surface area contributed by atoms with Crippen LogP contribution in [0.4, 0.5) is 0 Å². The molecule has 1 aromatic heterocycles. The minimum atomic E-state index is -0.174. The van der Waals surface area contributed by atoms with Crippen LogP contribution in [0.1, 0.15) is 52.5 Å². The van der Waals surface area contributed by atoms with E-state index >= 15 is 0 Å². The van der Waals surface area contributed by atoms with Crippen molar-refractivity contribution in [2.45, 2.75) is 44.6 Å². The Morgan fingerprint density at radius 3 is 2.43 bits per heavy atom. The molecule has 1 heterocycles. The number of nitrogens with one attached hydrogen (secondary N) is 1. The molecular weight excluding hydrogens is 390 g/mol. The molecule has 6 heteroatoms. The minimum Gasteiger partial charge on any atom is -0.347 e. The van der Waals surface area contributed by atoms with E-state index in [2.05, 4.69) is 58.8 Å². The van der Waals surface area contributed by atoms with Gasteiger partial charge in [0.05, 0.1) is 6.04 Å². The molecule has 3 aromatic rings. The molecule has 1 amide bonds. The summed E-state index contributed by atoms with van der Waals surface area (Å²) in [6.45, 7) is 3.61. The van der Waals surface area contributed by atoms with E-state index in [0.29, 0.717) is 6.42 Å². The van der Waals surface area contributed by atoms with E-state index in [1.807, 2.05) is 12.1 Å². The Morgan fingerprint density at radius 2 is 1.82 bits per heavy atom. The van der Waals surface area contributed by atoms with Gasteiger partial charge in [-0.1, -0.05) is 64.9 Å². The zero-order valence-corrected chi connectivity index (χ0v) is 17.5. The van der Waals surface area contributed by atoms with Crippen molar-refractivity contribution < 1.29 is 4.79 Å². The third kappa shape index (κ3) is 3.96. The molecule has 1 aliphatic rings. The number of nitrogens with zero attached hydrogens (tertiary/aromatic N) is 2. The van der Waals surface area contributed by atoms with Gasteiger partial charge < -0.3 is 5.32 Å². The van der Waals surface area contributed by atoms with Crippen LogP contribution in [-0.2, 0) is 16.6 Å². The maximum atomic E-state index is 11.8. The van der Waals surface area contributed by atoms with Crippen molar-refractivity contribution >= 4 is 28.8 Å². The van der Waals surface area contributed by atoms with Crippen molar-refractivity contribution in [3.63, 3.8) is 0 Å². The number of amides is 1. The van der Waals surface area contributed by atoms with E-state index in [-0.39, 0.29) is 17.4 Å². The summed E-state index contributed by atoms with van der Waals surface area (Å²) in [5, 5.41) is 14.6. The second-order valence-electron chi connectivity index (χ2n) is 7.48. The molecule has 4 rings (SSSR count). The van der Waals surface area contributed by atoms with Crippen LogP contribution in [0.15, 0.2) is 48.5 Å². The summed E-state index contributed by atoms with van der Waals surface area (Å²) in [7, 11) is 0. The molecule has 28 heavy (non-hydrogen) atoms. The number of carbonyl (C=O) groups is 1. The van der Waals surface area contributed by atoms with Crippen LogP contribution in [0, 0.1) is 6.92 Å². The van der Waals surface area contributed by atoms with E-state index in [4.69, 9.17) is 11.6 Å². The molecule has 144 valence electrons. The molecule has 4 nitrogen and oxygen atoms in total. The number of aryl methyl sites for hydroxylation is 1. The van der Waals surface area contributed by atoms with Crippen molar-refractivity contribution in [1.29, 1.82) is 0 Å². The Balaban J connectivity index is 1.60. The highest BCUT2D eigenvalue weighted by molar-refractivity contribution is 7.11. The summed E-state index contributed by atoms with van der Waals surface area (Å²) >= 11 is 7.65. The SMILES string of the molecule is CC(=O)NC(Cc1ccc(C)cc1)c1nnc(C2(c3ccc(Cl)cc3)CC2)s1. The molecular formula is C22H22ClN3OS. The van der Waals surface area contributed by atoms with Crippen molar-refractivity contribution in [3.8, 4) is 0 Å². The quantitative estimate of drug-likeness (QED) is 0.621. The van der Waals surface area contributed by atoms with E-state index in [1.54, 1.807) is 18.3 Å².